The standard InChI is InChI=1S/C19H31O7P/c1-2-3-4-5-6-7-8-9-10-11-12-13-14-15-19(21)25-16-18(20)17-26-27(22,23)24/h3-4,6-7,9-10,12-13,18,20H,2,5,8,11,14-17H2,1H3,(H2,22,23,24)/b4-3-,7-6-,10-9-,13-12-. The van der Waals surface area contributed by atoms with Gasteiger partial charge in [-0.2, -0.15) is 0 Å². The van der Waals surface area contributed by atoms with Gasteiger partial charge in [-0.25, -0.2) is 4.57 Å². The van der Waals surface area contributed by atoms with E-state index in [2.05, 4.69) is 47.9 Å². The molecule has 3 N–H and O–H groups in total. The summed E-state index contributed by atoms with van der Waals surface area (Å²) in [7, 11) is -4.63. The van der Waals surface area contributed by atoms with Gasteiger partial charge in [0.25, 0.3) is 0 Å². The van der Waals surface area contributed by atoms with E-state index < -0.39 is 26.5 Å². The minimum absolute atomic E-state index is 0.167. The van der Waals surface area contributed by atoms with Crippen LogP contribution in [0.3, 0.4) is 0 Å². The SMILES string of the molecule is CC/C=C\C/C=C\C/C=C\C/C=C\CCC(=O)OCC(O)COP(=O)(O)O. The molecule has 0 amide bonds. The van der Waals surface area contributed by atoms with Gasteiger partial charge in [-0.1, -0.05) is 55.5 Å². The molecule has 0 aliphatic rings. The van der Waals surface area contributed by atoms with Crippen LogP contribution in [0.4, 0.5) is 0 Å². The first kappa shape index (κ1) is 25.5. The molecular formula is C19H31O7P. The molecule has 1 unspecified atom stereocenters. The number of carbonyl (C=O) groups excluding carboxylic acids is 1. The van der Waals surface area contributed by atoms with Crippen LogP contribution < -0.4 is 0 Å². The van der Waals surface area contributed by atoms with E-state index in [0.717, 1.165) is 25.7 Å². The molecule has 0 saturated carbocycles. The van der Waals surface area contributed by atoms with Gasteiger partial charge in [0.1, 0.15) is 12.7 Å². The highest BCUT2D eigenvalue weighted by molar-refractivity contribution is 7.46. The summed E-state index contributed by atoms with van der Waals surface area (Å²) in [5, 5.41) is 9.37. The van der Waals surface area contributed by atoms with Crippen molar-refractivity contribution in [2.45, 2.75) is 51.6 Å². The summed E-state index contributed by atoms with van der Waals surface area (Å²) < 4.78 is 19.4. The van der Waals surface area contributed by atoms with Crippen LogP contribution in [0, 0.1) is 0 Å². The normalized spacial score (nSPS) is 14.1. The third kappa shape index (κ3) is 20.7. The Labute approximate surface area is 161 Å². The highest BCUT2D eigenvalue weighted by Crippen LogP contribution is 2.35. The lowest BCUT2D eigenvalue weighted by molar-refractivity contribution is -0.147. The van der Waals surface area contributed by atoms with Crippen LogP contribution >= 0.6 is 7.82 Å². The second kappa shape index (κ2) is 16.7. The zero-order chi connectivity index (χ0) is 20.4. The average molecular weight is 402 g/mol. The highest BCUT2D eigenvalue weighted by atomic mass is 31.2. The van der Waals surface area contributed by atoms with E-state index in [1.165, 1.54) is 0 Å². The predicted molar refractivity (Wildman–Crippen MR) is 105 cm³/mol. The van der Waals surface area contributed by atoms with Gasteiger partial charge in [0.2, 0.25) is 0 Å². The molecule has 0 fully saturated rings. The number of esters is 1. The third-order valence-corrected chi connectivity index (χ3v) is 3.59. The Bertz CT molecular complexity index is 546. The number of ether oxygens (including phenoxy) is 1. The van der Waals surface area contributed by atoms with E-state index in [-0.39, 0.29) is 13.0 Å². The number of phosphoric acid groups is 1. The van der Waals surface area contributed by atoms with Gasteiger partial charge in [0, 0.05) is 6.42 Å². The van der Waals surface area contributed by atoms with Gasteiger partial charge in [0.05, 0.1) is 6.61 Å². The van der Waals surface area contributed by atoms with Gasteiger partial charge >= 0.3 is 13.8 Å². The van der Waals surface area contributed by atoms with Crippen LogP contribution in [-0.2, 0) is 18.6 Å². The zero-order valence-corrected chi connectivity index (χ0v) is 16.7. The summed E-state index contributed by atoms with van der Waals surface area (Å²) in [4.78, 5) is 28.4. The first-order chi connectivity index (χ1) is 12.8. The molecule has 27 heavy (non-hydrogen) atoms. The van der Waals surface area contributed by atoms with Gasteiger partial charge in [0.15, 0.2) is 0 Å². The second-order valence-corrected chi connectivity index (χ2v) is 6.90. The number of allylic oxidation sites excluding steroid dienone is 8. The second-order valence-electron chi connectivity index (χ2n) is 5.66. The molecule has 0 aliphatic carbocycles. The van der Waals surface area contributed by atoms with Crippen molar-refractivity contribution < 1.29 is 33.5 Å². The fraction of sp³-hybridized carbons (Fsp3) is 0.526. The van der Waals surface area contributed by atoms with Crippen LogP contribution in [0.5, 0.6) is 0 Å². The molecule has 0 aromatic rings. The number of aliphatic hydroxyl groups excluding tert-OH is 1. The number of phosphoric ester groups is 1. The maximum atomic E-state index is 11.5. The third-order valence-electron chi connectivity index (χ3n) is 3.11. The van der Waals surface area contributed by atoms with E-state index in [9.17, 15) is 14.5 Å². The number of hydrogen-bond donors (Lipinski definition) is 3. The molecule has 0 saturated heterocycles. The quantitative estimate of drug-likeness (QED) is 0.218. The summed E-state index contributed by atoms with van der Waals surface area (Å²) in [5.41, 5.74) is 0. The maximum absolute atomic E-state index is 11.5. The molecule has 0 aliphatic heterocycles. The van der Waals surface area contributed by atoms with Crippen LogP contribution in [0.1, 0.15) is 45.4 Å². The zero-order valence-electron chi connectivity index (χ0n) is 15.8. The predicted octanol–water partition coefficient (Wildman–Crippen LogP) is 3.59. The van der Waals surface area contributed by atoms with Crippen LogP contribution in [0.25, 0.3) is 0 Å². The first-order valence-electron chi connectivity index (χ1n) is 8.99. The van der Waals surface area contributed by atoms with Crippen molar-refractivity contribution >= 4 is 13.8 Å². The molecule has 0 bridgehead atoms. The van der Waals surface area contributed by atoms with Crippen molar-refractivity contribution in [3.05, 3.63) is 48.6 Å². The van der Waals surface area contributed by atoms with Crippen molar-refractivity contribution in [3.63, 3.8) is 0 Å². The smallest absolute Gasteiger partial charge is 0.463 e. The van der Waals surface area contributed by atoms with E-state index in [4.69, 9.17) is 14.5 Å². The van der Waals surface area contributed by atoms with Gasteiger partial charge < -0.3 is 19.6 Å². The van der Waals surface area contributed by atoms with Crippen molar-refractivity contribution in [3.8, 4) is 0 Å². The van der Waals surface area contributed by atoms with Crippen LogP contribution in [-0.4, -0.2) is 40.2 Å². The molecule has 0 spiro atoms. The molecular weight excluding hydrogens is 371 g/mol. The van der Waals surface area contributed by atoms with E-state index in [1.54, 1.807) is 0 Å². The average Bonchev–Trinajstić information content (AvgIpc) is 2.61. The Morgan fingerprint density at radius 3 is 1.96 bits per heavy atom. The Kier molecular flexibility index (Phi) is 15.7. The fourth-order valence-corrected chi connectivity index (χ4v) is 2.16. The maximum Gasteiger partial charge on any atom is 0.469 e. The van der Waals surface area contributed by atoms with Crippen molar-refractivity contribution in [2.75, 3.05) is 13.2 Å². The lowest BCUT2D eigenvalue weighted by Crippen LogP contribution is -2.23. The Morgan fingerprint density at radius 2 is 1.44 bits per heavy atom. The molecule has 0 rings (SSSR count). The number of aliphatic hydroxyl groups is 1. The topological polar surface area (TPSA) is 113 Å². The first-order valence-corrected chi connectivity index (χ1v) is 10.5. The Balaban J connectivity index is 3.67. The number of carbonyl (C=O) groups is 1. The van der Waals surface area contributed by atoms with Crippen molar-refractivity contribution in [1.29, 1.82) is 0 Å². The summed E-state index contributed by atoms with van der Waals surface area (Å²) in [6.45, 7) is 1.14. The van der Waals surface area contributed by atoms with E-state index in [0.29, 0.717) is 6.42 Å². The van der Waals surface area contributed by atoms with Crippen LogP contribution in [0.2, 0.25) is 0 Å². The molecule has 7 nitrogen and oxygen atoms in total. The minimum Gasteiger partial charge on any atom is -0.463 e. The van der Waals surface area contributed by atoms with Gasteiger partial charge in [-0.3, -0.25) is 9.32 Å². The molecule has 0 aromatic heterocycles. The lowest BCUT2D eigenvalue weighted by atomic mass is 10.2. The summed E-state index contributed by atoms with van der Waals surface area (Å²) >= 11 is 0. The Morgan fingerprint density at radius 1 is 0.926 bits per heavy atom. The lowest BCUT2D eigenvalue weighted by Gasteiger charge is -2.11. The van der Waals surface area contributed by atoms with E-state index >= 15 is 0 Å². The molecule has 0 radical (unpaired) electrons. The molecule has 8 heteroatoms. The monoisotopic (exact) mass is 402 g/mol. The molecule has 0 aromatic carbocycles. The largest absolute Gasteiger partial charge is 0.469 e. The number of hydrogen-bond acceptors (Lipinski definition) is 5. The summed E-state index contributed by atoms with van der Waals surface area (Å²) in [5.74, 6) is -0.493. The highest BCUT2D eigenvalue weighted by Gasteiger charge is 2.17. The molecule has 154 valence electrons. The number of rotatable bonds is 15. The Hall–Kier alpha value is -1.50. The van der Waals surface area contributed by atoms with Crippen molar-refractivity contribution in [2.24, 2.45) is 0 Å². The molecule has 0 heterocycles. The van der Waals surface area contributed by atoms with Gasteiger partial charge in [-0.05, 0) is 32.1 Å². The van der Waals surface area contributed by atoms with E-state index in [1.807, 2.05) is 12.2 Å². The summed E-state index contributed by atoms with van der Waals surface area (Å²) in [6, 6.07) is 0. The van der Waals surface area contributed by atoms with Crippen molar-refractivity contribution in [1.82, 2.24) is 0 Å². The van der Waals surface area contributed by atoms with Gasteiger partial charge in [-0.15, -0.1) is 0 Å². The fourth-order valence-electron chi connectivity index (χ4n) is 1.79. The summed E-state index contributed by atoms with van der Waals surface area (Å²) in [6.07, 6.45) is 19.6. The molecule has 1 atom stereocenters. The minimum atomic E-state index is -4.63. The van der Waals surface area contributed by atoms with Crippen LogP contribution in [0.15, 0.2) is 48.6 Å².